The van der Waals surface area contributed by atoms with Crippen molar-refractivity contribution in [3.8, 4) is 16.8 Å². The van der Waals surface area contributed by atoms with Crippen LogP contribution in [0.15, 0.2) is 58.5 Å². The van der Waals surface area contributed by atoms with E-state index in [0.717, 1.165) is 69.6 Å². The second-order valence-electron chi connectivity index (χ2n) is 13.2. The zero-order chi connectivity index (χ0) is 33.8. The fourth-order valence-electron chi connectivity index (χ4n) is 7.41. The van der Waals surface area contributed by atoms with Gasteiger partial charge in [0.1, 0.15) is 22.0 Å². The van der Waals surface area contributed by atoms with Crippen LogP contribution in [0.3, 0.4) is 0 Å². The van der Waals surface area contributed by atoms with Gasteiger partial charge in [0, 0.05) is 66.4 Å². The highest BCUT2D eigenvalue weighted by molar-refractivity contribution is 7.19. The number of aliphatic hydroxyl groups excluding tert-OH is 1. The molecule has 1 unspecified atom stereocenters. The molecule has 0 amide bonds. The van der Waals surface area contributed by atoms with Gasteiger partial charge in [-0.3, -0.25) is 14.5 Å². The number of nitrogens with one attached hydrogen (secondary N) is 1. The monoisotopic (exact) mass is 683 g/mol. The molecule has 1 aromatic carbocycles. The van der Waals surface area contributed by atoms with Crippen molar-refractivity contribution in [1.82, 2.24) is 24.2 Å². The smallest absolute Gasteiger partial charge is 0.289 e. The van der Waals surface area contributed by atoms with Crippen LogP contribution in [0.25, 0.3) is 26.9 Å². The molecule has 0 radical (unpaired) electrons. The minimum atomic E-state index is -0.599. The zero-order valence-electron chi connectivity index (χ0n) is 27.5. The third-order valence-electron chi connectivity index (χ3n) is 10.1. The van der Waals surface area contributed by atoms with Crippen LogP contribution in [0.1, 0.15) is 35.8 Å². The summed E-state index contributed by atoms with van der Waals surface area (Å²) in [5.74, 6) is -0.112. The van der Waals surface area contributed by atoms with Crippen molar-refractivity contribution in [2.45, 2.75) is 51.3 Å². The van der Waals surface area contributed by atoms with Crippen molar-refractivity contribution in [2.24, 2.45) is 7.05 Å². The first-order valence-corrected chi connectivity index (χ1v) is 17.6. The topological polar surface area (TPSA) is 118 Å². The molecule has 8 rings (SSSR count). The van der Waals surface area contributed by atoms with E-state index in [4.69, 9.17) is 4.74 Å². The molecule has 1 atom stereocenters. The summed E-state index contributed by atoms with van der Waals surface area (Å²) in [5, 5.41) is 19.1. The van der Waals surface area contributed by atoms with Gasteiger partial charge in [-0.15, -0.1) is 11.3 Å². The van der Waals surface area contributed by atoms with E-state index in [2.05, 4.69) is 32.1 Å². The Kier molecular flexibility index (Phi) is 8.30. The Morgan fingerprint density at radius 1 is 1.08 bits per heavy atom. The number of pyridine rings is 2. The lowest BCUT2D eigenvalue weighted by atomic mass is 9.97. The summed E-state index contributed by atoms with van der Waals surface area (Å²) in [4.78, 5) is 37.7. The molecule has 0 bridgehead atoms. The summed E-state index contributed by atoms with van der Waals surface area (Å²) in [5.41, 5.74) is 3.10. The van der Waals surface area contributed by atoms with Crippen molar-refractivity contribution in [1.29, 1.82) is 0 Å². The predicted molar refractivity (Wildman–Crippen MR) is 189 cm³/mol. The molecule has 11 nitrogen and oxygen atoms in total. The number of aryl methyl sites for hydroxylation is 3. The summed E-state index contributed by atoms with van der Waals surface area (Å²) < 4.78 is 23.9. The van der Waals surface area contributed by atoms with Crippen LogP contribution < -0.4 is 21.3 Å². The maximum atomic E-state index is 15.3. The average Bonchev–Trinajstić information content (AvgIpc) is 3.46. The quantitative estimate of drug-likeness (QED) is 0.258. The van der Waals surface area contributed by atoms with E-state index in [1.165, 1.54) is 43.2 Å². The number of rotatable bonds is 7. The SMILES string of the molecule is CC1CN(C2COC2)CCN1c1ccc(Nc2cc(-c3cc(F)cc(-n4ncc5c6c(sc5c4=O)CCCC6)c3CO)cn(C)c2=O)nc1. The Hall–Kier alpha value is -4.43. The number of aromatic nitrogens is 4. The van der Waals surface area contributed by atoms with E-state index in [0.29, 0.717) is 39.3 Å². The lowest BCUT2D eigenvalue weighted by Gasteiger charge is -2.46. The Bertz CT molecular complexity index is 2180. The molecule has 2 N–H and O–H groups in total. The molecule has 13 heteroatoms. The van der Waals surface area contributed by atoms with E-state index < -0.39 is 12.4 Å². The number of anilines is 3. The first-order valence-electron chi connectivity index (χ1n) is 16.8. The molecule has 254 valence electrons. The van der Waals surface area contributed by atoms with E-state index in [-0.39, 0.29) is 22.5 Å². The highest BCUT2D eigenvalue weighted by Crippen LogP contribution is 2.36. The molecule has 2 saturated heterocycles. The van der Waals surface area contributed by atoms with Crippen LogP contribution in [0, 0.1) is 5.82 Å². The fraction of sp³-hybridized carbons (Fsp3) is 0.389. The molecular formula is C36H38FN7O4S. The Balaban J connectivity index is 1.10. The van der Waals surface area contributed by atoms with Gasteiger partial charge in [0.05, 0.1) is 49.6 Å². The van der Waals surface area contributed by atoms with E-state index in [9.17, 15) is 14.7 Å². The molecule has 6 heterocycles. The third kappa shape index (κ3) is 5.74. The fourth-order valence-corrected chi connectivity index (χ4v) is 8.70. The Morgan fingerprint density at radius 3 is 2.65 bits per heavy atom. The van der Waals surface area contributed by atoms with E-state index in [1.807, 2.05) is 18.3 Å². The summed E-state index contributed by atoms with van der Waals surface area (Å²) in [6.45, 7) is 6.17. The Labute approximate surface area is 286 Å². The number of piperazine rings is 1. The largest absolute Gasteiger partial charge is 0.392 e. The van der Waals surface area contributed by atoms with Crippen molar-refractivity contribution in [3.05, 3.63) is 91.5 Å². The highest BCUT2D eigenvalue weighted by Gasteiger charge is 2.32. The van der Waals surface area contributed by atoms with Crippen LogP contribution in [0.4, 0.5) is 21.6 Å². The number of aliphatic hydroxyl groups is 1. The molecule has 49 heavy (non-hydrogen) atoms. The number of hydrogen-bond acceptors (Lipinski definition) is 10. The number of halogens is 1. The summed E-state index contributed by atoms with van der Waals surface area (Å²) in [6.07, 6.45) is 9.11. The van der Waals surface area contributed by atoms with Crippen LogP contribution in [-0.4, -0.2) is 74.3 Å². The standard InChI is InChI=1S/C36H38FN7O4S/c1-21-16-42(25-19-48-20-25)9-10-43(21)24-7-8-33(38-14-24)40-30-11-22(17-41(2)35(30)46)27-12-23(37)13-31(29(27)18-45)44-36(47)34-28(15-39-44)26-5-3-4-6-32(26)49-34/h7-8,11-15,17,21,25,45H,3-6,9-10,16,18-20H2,1-2H3,(H,38,40). The zero-order valence-corrected chi connectivity index (χ0v) is 28.3. The van der Waals surface area contributed by atoms with Gasteiger partial charge in [0.25, 0.3) is 11.1 Å². The van der Waals surface area contributed by atoms with Crippen LogP contribution >= 0.6 is 11.3 Å². The average molecular weight is 684 g/mol. The van der Waals surface area contributed by atoms with Gasteiger partial charge in [-0.2, -0.15) is 9.78 Å². The molecule has 0 saturated carbocycles. The van der Waals surface area contributed by atoms with E-state index in [1.54, 1.807) is 25.5 Å². The maximum absolute atomic E-state index is 15.3. The van der Waals surface area contributed by atoms with E-state index >= 15 is 4.39 Å². The van der Waals surface area contributed by atoms with Gasteiger partial charge in [0.2, 0.25) is 0 Å². The first-order chi connectivity index (χ1) is 23.8. The van der Waals surface area contributed by atoms with Crippen molar-refractivity contribution in [2.75, 3.05) is 43.1 Å². The van der Waals surface area contributed by atoms with Gasteiger partial charge in [-0.05, 0) is 68.0 Å². The number of hydrogen-bond donors (Lipinski definition) is 2. The molecule has 2 aliphatic heterocycles. The Morgan fingerprint density at radius 2 is 1.92 bits per heavy atom. The van der Waals surface area contributed by atoms with Crippen molar-refractivity contribution < 1.29 is 14.2 Å². The number of nitrogens with zero attached hydrogens (tertiary/aromatic N) is 6. The van der Waals surface area contributed by atoms with Gasteiger partial charge in [0.15, 0.2) is 0 Å². The normalized spacial score (nSPS) is 18.4. The van der Waals surface area contributed by atoms with Gasteiger partial charge in [-0.25, -0.2) is 9.37 Å². The minimum Gasteiger partial charge on any atom is -0.392 e. The van der Waals surface area contributed by atoms with Crippen molar-refractivity contribution in [3.63, 3.8) is 0 Å². The number of ether oxygens (including phenoxy) is 1. The van der Waals surface area contributed by atoms with Gasteiger partial charge < -0.3 is 24.6 Å². The first kappa shape index (κ1) is 31.8. The summed E-state index contributed by atoms with van der Waals surface area (Å²) >= 11 is 1.48. The van der Waals surface area contributed by atoms with Crippen LogP contribution in [0.2, 0.25) is 0 Å². The van der Waals surface area contributed by atoms with Crippen LogP contribution in [-0.2, 0) is 31.2 Å². The second kappa shape index (κ2) is 12.8. The molecular weight excluding hydrogens is 646 g/mol. The third-order valence-corrected chi connectivity index (χ3v) is 11.4. The number of benzene rings is 1. The predicted octanol–water partition coefficient (Wildman–Crippen LogP) is 4.37. The summed E-state index contributed by atoms with van der Waals surface area (Å²) in [7, 11) is 1.61. The molecule has 3 aliphatic rings. The molecule has 5 aromatic rings. The molecule has 2 fully saturated rings. The second-order valence-corrected chi connectivity index (χ2v) is 14.3. The lowest BCUT2D eigenvalue weighted by Crippen LogP contribution is -2.59. The van der Waals surface area contributed by atoms with Gasteiger partial charge in [-0.1, -0.05) is 0 Å². The van der Waals surface area contributed by atoms with Crippen LogP contribution in [0.5, 0.6) is 0 Å². The summed E-state index contributed by atoms with van der Waals surface area (Å²) in [6, 6.07) is 8.82. The maximum Gasteiger partial charge on any atom is 0.289 e. The minimum absolute atomic E-state index is 0.160. The van der Waals surface area contributed by atoms with Crippen molar-refractivity contribution >= 4 is 38.6 Å². The molecule has 1 aliphatic carbocycles. The number of thiophene rings is 1. The molecule has 0 spiro atoms. The lowest BCUT2D eigenvalue weighted by molar-refractivity contribution is -0.0691. The number of fused-ring (bicyclic) bond motifs is 3. The van der Waals surface area contributed by atoms with Gasteiger partial charge >= 0.3 is 0 Å². The molecule has 4 aromatic heterocycles. The highest BCUT2D eigenvalue weighted by atomic mass is 32.1.